The zero-order valence-corrected chi connectivity index (χ0v) is 37.9. The highest BCUT2D eigenvalue weighted by Crippen LogP contribution is 2.48. The molecule has 1 aliphatic heterocycles. The lowest BCUT2D eigenvalue weighted by Crippen LogP contribution is -2.30. The maximum absolute atomic E-state index is 14.3. The van der Waals surface area contributed by atoms with Crippen LogP contribution in [0, 0.1) is 6.92 Å². The number of benzene rings is 3. The van der Waals surface area contributed by atoms with E-state index >= 15 is 0 Å². The normalized spacial score (nSPS) is 13.5. The van der Waals surface area contributed by atoms with Gasteiger partial charge in [-0.2, -0.15) is 0 Å². The highest BCUT2D eigenvalue weighted by molar-refractivity contribution is 8.76. The van der Waals surface area contributed by atoms with Crippen molar-refractivity contribution in [3.05, 3.63) is 77.2 Å². The van der Waals surface area contributed by atoms with E-state index in [1.54, 1.807) is 84.3 Å². The van der Waals surface area contributed by atoms with Gasteiger partial charge in [0.2, 0.25) is 5.91 Å². The van der Waals surface area contributed by atoms with Gasteiger partial charge in [-0.15, -0.1) is 11.6 Å². The van der Waals surface area contributed by atoms with Crippen LogP contribution in [-0.2, 0) is 23.8 Å². The first-order chi connectivity index (χ1) is 29.6. The van der Waals surface area contributed by atoms with Gasteiger partial charge in [0.1, 0.15) is 16.9 Å². The third kappa shape index (κ3) is 10.6. The zero-order chi connectivity index (χ0) is 44.7. The van der Waals surface area contributed by atoms with E-state index in [9.17, 15) is 24.0 Å². The number of nitrogens with zero attached hydrogens (tertiary/aromatic N) is 2. The van der Waals surface area contributed by atoms with Crippen LogP contribution in [0.15, 0.2) is 63.9 Å². The fourth-order valence-corrected chi connectivity index (χ4v) is 9.44. The van der Waals surface area contributed by atoms with Crippen LogP contribution in [0.2, 0.25) is 0 Å². The number of aryl methyl sites for hydroxylation is 1. The largest absolute Gasteiger partial charge is 0.497 e. The summed E-state index contributed by atoms with van der Waals surface area (Å²) in [6.45, 7) is 8.07. The average Bonchev–Trinajstić information content (AvgIpc) is 3.95. The van der Waals surface area contributed by atoms with Gasteiger partial charge in [0, 0.05) is 71.5 Å². The molecule has 2 aromatic heterocycles. The highest BCUT2D eigenvalue weighted by atomic mass is 35.5. The lowest BCUT2D eigenvalue weighted by molar-refractivity contribution is -0.156. The molecule has 1 aliphatic rings. The molecule has 3 amide bonds. The van der Waals surface area contributed by atoms with E-state index in [-0.39, 0.29) is 67.4 Å². The molecule has 0 aliphatic carbocycles. The number of rotatable bonds is 17. The molecule has 15 nitrogen and oxygen atoms in total. The molecule has 5 aromatic rings. The predicted octanol–water partition coefficient (Wildman–Crippen LogP) is 8.63. The molecule has 18 heteroatoms. The first-order valence-corrected chi connectivity index (χ1v) is 22.6. The summed E-state index contributed by atoms with van der Waals surface area (Å²) >= 11 is 6.55. The predicted molar refractivity (Wildman–Crippen MR) is 240 cm³/mol. The van der Waals surface area contributed by atoms with Crippen molar-refractivity contribution in [1.29, 1.82) is 0 Å². The van der Waals surface area contributed by atoms with Gasteiger partial charge in [-0.1, -0.05) is 33.7 Å². The van der Waals surface area contributed by atoms with Gasteiger partial charge in [0.25, 0.3) is 5.91 Å². The Morgan fingerprint density at radius 3 is 2.53 bits per heavy atom. The fourth-order valence-electron chi connectivity index (χ4n) is 6.98. The molecule has 0 saturated carbocycles. The molecule has 3 aromatic carbocycles. The molecule has 3 heterocycles. The third-order valence-electron chi connectivity index (χ3n) is 9.80. The molecule has 6 rings (SSSR count). The van der Waals surface area contributed by atoms with Crippen LogP contribution in [0.1, 0.15) is 71.7 Å². The van der Waals surface area contributed by atoms with Crippen molar-refractivity contribution in [3.8, 4) is 11.5 Å². The molecule has 0 unspecified atom stereocenters. The summed E-state index contributed by atoms with van der Waals surface area (Å²) in [5.41, 5.74) is 2.62. The number of amides is 3. The van der Waals surface area contributed by atoms with Crippen molar-refractivity contribution in [2.24, 2.45) is 0 Å². The van der Waals surface area contributed by atoms with Crippen molar-refractivity contribution in [2.45, 2.75) is 57.0 Å². The Morgan fingerprint density at radius 1 is 1.03 bits per heavy atom. The smallest absolute Gasteiger partial charge is 0.419 e. The van der Waals surface area contributed by atoms with E-state index in [0.717, 1.165) is 4.90 Å². The Labute approximate surface area is 371 Å². The highest BCUT2D eigenvalue weighted by Gasteiger charge is 2.39. The van der Waals surface area contributed by atoms with Gasteiger partial charge in [-0.3, -0.25) is 19.3 Å². The van der Waals surface area contributed by atoms with E-state index in [1.807, 2.05) is 12.1 Å². The first kappa shape index (κ1) is 46.2. The molecule has 1 atom stereocenters. The number of ether oxygens (including phenoxy) is 5. The molecule has 0 bridgehead atoms. The van der Waals surface area contributed by atoms with Crippen LogP contribution in [0.3, 0.4) is 0 Å². The number of hydrogen-bond donors (Lipinski definition) is 2. The van der Waals surface area contributed by atoms with E-state index in [4.69, 9.17) is 39.7 Å². The number of anilines is 2. The summed E-state index contributed by atoms with van der Waals surface area (Å²) in [5.74, 6) is -0.549. The minimum Gasteiger partial charge on any atom is -0.497 e. The number of halogens is 1. The van der Waals surface area contributed by atoms with Crippen LogP contribution in [0.5, 0.6) is 11.5 Å². The number of methoxy groups -OCH3 is 2. The fraction of sp³-hybridized carbons (Fsp3) is 0.386. The standard InChI is InChI=1S/C44H49ClN4O11S2/c1-25-37(42(53)56-7)39-38-27(23-45)24-49(41(52)33-21-26-20-28(55-6)12-13-31(26)58-33)30(38)22-32(40(39)47-25)59-43(54)48(5)29-10-8-9-11-34(29)62-61-19-15-35(50)46-16-18-57-17-14-36(51)60-44(2,3)4/h8-13,20-22,27,47H,14-19,23-24H2,1-7H3,(H,46,50)/t27-/m1/s1. The van der Waals surface area contributed by atoms with Crippen molar-refractivity contribution >= 4 is 96.3 Å². The molecule has 62 heavy (non-hydrogen) atoms. The van der Waals surface area contributed by atoms with Crippen LogP contribution in [-0.4, -0.2) is 99.6 Å². The van der Waals surface area contributed by atoms with E-state index in [2.05, 4.69) is 10.3 Å². The van der Waals surface area contributed by atoms with Gasteiger partial charge in [0.05, 0.1) is 56.3 Å². The average molecular weight is 909 g/mol. The summed E-state index contributed by atoms with van der Waals surface area (Å²) in [6, 6.07) is 15.8. The number of aromatic amines is 1. The van der Waals surface area contributed by atoms with Crippen molar-refractivity contribution < 1.29 is 52.1 Å². The Hall–Kier alpha value is -5.36. The number of esters is 2. The second-order valence-electron chi connectivity index (χ2n) is 15.3. The monoisotopic (exact) mass is 908 g/mol. The maximum atomic E-state index is 14.3. The van der Waals surface area contributed by atoms with E-state index in [1.165, 1.54) is 38.5 Å². The third-order valence-corrected chi connectivity index (χ3v) is 12.6. The quantitative estimate of drug-likeness (QED) is 0.0392. The Kier molecular flexibility index (Phi) is 15.1. The lowest BCUT2D eigenvalue weighted by atomic mass is 9.95. The van der Waals surface area contributed by atoms with Crippen molar-refractivity contribution in [3.63, 3.8) is 0 Å². The maximum Gasteiger partial charge on any atom is 0.419 e. The minimum absolute atomic E-state index is 0.0789. The number of carbonyl (C=O) groups is 5. The molecule has 0 radical (unpaired) electrons. The SMILES string of the molecule is COC(=O)c1c(C)[nH]c2c(OC(=O)N(C)c3ccccc3SSCCC(=O)NCCOCCC(=O)OC(C)(C)C)cc3c(c12)[C@H](CCl)CN3C(=O)c1cc2cc(OC)ccc2o1. The molecule has 0 fully saturated rings. The topological polar surface area (TPSA) is 179 Å². The van der Waals surface area contributed by atoms with Gasteiger partial charge in [-0.25, -0.2) is 9.59 Å². The summed E-state index contributed by atoms with van der Waals surface area (Å²) < 4.78 is 33.3. The summed E-state index contributed by atoms with van der Waals surface area (Å²) in [6.07, 6.45) is -0.351. The number of hydrogen-bond acceptors (Lipinski definition) is 13. The molecule has 330 valence electrons. The number of para-hydroxylation sites is 1. The summed E-state index contributed by atoms with van der Waals surface area (Å²) in [4.78, 5) is 72.7. The zero-order valence-electron chi connectivity index (χ0n) is 35.5. The van der Waals surface area contributed by atoms with E-state index < -0.39 is 29.5 Å². The van der Waals surface area contributed by atoms with Crippen LogP contribution in [0.25, 0.3) is 21.9 Å². The Balaban J connectivity index is 1.15. The number of aromatic nitrogens is 1. The van der Waals surface area contributed by atoms with E-state index in [0.29, 0.717) is 62.6 Å². The molecule has 0 spiro atoms. The van der Waals surface area contributed by atoms with Gasteiger partial charge in [0.15, 0.2) is 11.5 Å². The number of fused-ring (bicyclic) bond motifs is 4. The number of carbonyl (C=O) groups excluding carboxylic acids is 5. The number of furan rings is 1. The van der Waals surface area contributed by atoms with Crippen molar-refractivity contribution in [2.75, 3.05) is 69.0 Å². The van der Waals surface area contributed by atoms with Crippen molar-refractivity contribution in [1.82, 2.24) is 10.3 Å². The minimum atomic E-state index is -0.736. The molecular weight excluding hydrogens is 860 g/mol. The van der Waals surface area contributed by atoms with Crippen LogP contribution < -0.4 is 24.6 Å². The number of alkyl halides is 1. The van der Waals surface area contributed by atoms with Gasteiger partial charge < -0.3 is 43.3 Å². The Morgan fingerprint density at radius 2 is 1.81 bits per heavy atom. The second kappa shape index (κ2) is 20.2. The van der Waals surface area contributed by atoms with Crippen LogP contribution >= 0.6 is 33.2 Å². The van der Waals surface area contributed by atoms with Gasteiger partial charge >= 0.3 is 18.0 Å². The van der Waals surface area contributed by atoms with Crippen LogP contribution in [0.4, 0.5) is 16.2 Å². The summed E-state index contributed by atoms with van der Waals surface area (Å²) in [7, 11) is 7.27. The molecule has 0 saturated heterocycles. The second-order valence-corrected chi connectivity index (χ2v) is 18.1. The lowest BCUT2D eigenvalue weighted by Gasteiger charge is -2.21. The number of nitrogens with one attached hydrogen (secondary N) is 2. The molecular formula is C44H49ClN4O11S2. The number of H-pyrrole nitrogens is 1. The Bertz CT molecular complexity index is 2480. The molecule has 2 N–H and O–H groups in total. The van der Waals surface area contributed by atoms with Gasteiger partial charge in [-0.05, 0) is 69.7 Å². The summed E-state index contributed by atoms with van der Waals surface area (Å²) in [5, 5.41) is 3.93. The first-order valence-electron chi connectivity index (χ1n) is 19.8.